The highest BCUT2D eigenvalue weighted by Gasteiger charge is 2.51. The van der Waals surface area contributed by atoms with E-state index in [1.165, 1.54) is 21.3 Å². The first kappa shape index (κ1) is 19.6. The van der Waals surface area contributed by atoms with Gasteiger partial charge in [0.2, 0.25) is 5.75 Å². The second-order valence-corrected chi connectivity index (χ2v) is 8.07. The average Bonchev–Trinajstić information content (AvgIpc) is 2.98. The minimum absolute atomic E-state index is 0.0271. The van der Waals surface area contributed by atoms with Gasteiger partial charge >= 0.3 is 0 Å². The lowest BCUT2D eigenvalue weighted by molar-refractivity contribution is -0.135. The average molecular weight is 401 g/mol. The molecule has 2 heterocycles. The lowest BCUT2D eigenvalue weighted by atomic mass is 9.74. The van der Waals surface area contributed by atoms with Gasteiger partial charge in [-0.3, -0.25) is 9.59 Å². The van der Waals surface area contributed by atoms with Gasteiger partial charge in [0, 0.05) is 7.05 Å². The fourth-order valence-electron chi connectivity index (χ4n) is 4.84. The first-order valence-electron chi connectivity index (χ1n) is 9.93. The number of hydrogen-bond donors (Lipinski definition) is 0. The number of rotatable bonds is 4. The number of ether oxygens (including phenoxy) is 4. The summed E-state index contributed by atoms with van der Waals surface area (Å²) in [6.45, 7) is 2.16. The van der Waals surface area contributed by atoms with Crippen LogP contribution in [0.1, 0.15) is 37.8 Å². The Bertz CT molecular complexity index is 866. The van der Waals surface area contributed by atoms with Crippen LogP contribution in [0.2, 0.25) is 0 Å². The molecular weight excluding hydrogens is 374 g/mol. The number of ketones is 1. The lowest BCUT2D eigenvalue weighted by Crippen LogP contribution is -2.41. The highest BCUT2D eigenvalue weighted by Crippen LogP contribution is 2.49. The molecule has 1 fully saturated rings. The minimum Gasteiger partial charge on any atom is -0.493 e. The van der Waals surface area contributed by atoms with Crippen molar-refractivity contribution < 1.29 is 28.5 Å². The normalized spacial score (nSPS) is 28.7. The largest absolute Gasteiger partial charge is 0.493 e. The third-order valence-electron chi connectivity index (χ3n) is 6.34. The molecule has 1 aromatic rings. The molecule has 1 saturated carbocycles. The van der Waals surface area contributed by atoms with Crippen molar-refractivity contribution in [3.05, 3.63) is 29.0 Å². The molecule has 0 saturated heterocycles. The second-order valence-electron chi connectivity index (χ2n) is 8.07. The fraction of sp³-hybridized carbons (Fsp3) is 0.545. The Morgan fingerprint density at radius 2 is 1.69 bits per heavy atom. The SMILES string of the molecule is COc1cc(C2C3=C(OC4CCC(C)CC4C3=O)C(=O)N2C)cc(OC)c1OC. The van der Waals surface area contributed by atoms with Crippen molar-refractivity contribution in [2.45, 2.75) is 38.3 Å². The summed E-state index contributed by atoms with van der Waals surface area (Å²) >= 11 is 0. The third-order valence-corrected chi connectivity index (χ3v) is 6.34. The van der Waals surface area contributed by atoms with Gasteiger partial charge in [0.15, 0.2) is 23.0 Å². The summed E-state index contributed by atoms with van der Waals surface area (Å²) in [4.78, 5) is 28.0. The zero-order chi connectivity index (χ0) is 20.9. The van der Waals surface area contributed by atoms with E-state index in [0.717, 1.165) is 24.8 Å². The molecule has 4 unspecified atom stereocenters. The van der Waals surface area contributed by atoms with Crippen LogP contribution in [0.5, 0.6) is 17.2 Å². The van der Waals surface area contributed by atoms with Gasteiger partial charge in [-0.15, -0.1) is 0 Å². The van der Waals surface area contributed by atoms with E-state index in [1.807, 2.05) is 0 Å². The Morgan fingerprint density at radius 3 is 2.28 bits per heavy atom. The molecule has 7 nitrogen and oxygen atoms in total. The van der Waals surface area contributed by atoms with E-state index < -0.39 is 6.04 Å². The second kappa shape index (κ2) is 7.28. The number of likely N-dealkylation sites (N-methyl/N-ethyl adjacent to an activating group) is 1. The van der Waals surface area contributed by atoms with Gasteiger partial charge in [-0.1, -0.05) is 6.92 Å². The zero-order valence-electron chi connectivity index (χ0n) is 17.5. The Labute approximate surface area is 170 Å². The highest BCUT2D eigenvalue weighted by atomic mass is 16.5. The van der Waals surface area contributed by atoms with Gasteiger partial charge in [0.1, 0.15) is 6.10 Å². The summed E-state index contributed by atoms with van der Waals surface area (Å²) in [6.07, 6.45) is 2.41. The summed E-state index contributed by atoms with van der Waals surface area (Å²) in [5.41, 5.74) is 1.17. The summed E-state index contributed by atoms with van der Waals surface area (Å²) in [5.74, 6) is 1.67. The van der Waals surface area contributed by atoms with Crippen molar-refractivity contribution in [2.75, 3.05) is 28.4 Å². The van der Waals surface area contributed by atoms with Crippen LogP contribution < -0.4 is 14.2 Å². The first-order chi connectivity index (χ1) is 13.9. The monoisotopic (exact) mass is 401 g/mol. The topological polar surface area (TPSA) is 74.3 Å². The van der Waals surface area contributed by atoms with Crippen LogP contribution in [0.4, 0.5) is 0 Å². The number of Topliss-reactive ketones (excluding diaryl/α,β-unsaturated/α-hetero) is 1. The molecule has 7 heteroatoms. The molecule has 1 aromatic carbocycles. The molecule has 0 aromatic heterocycles. The Balaban J connectivity index is 1.81. The van der Waals surface area contributed by atoms with Gasteiger partial charge in [0.05, 0.1) is 38.9 Å². The van der Waals surface area contributed by atoms with Gasteiger partial charge in [0.25, 0.3) is 5.91 Å². The molecule has 3 aliphatic rings. The maximum absolute atomic E-state index is 13.5. The number of benzene rings is 1. The van der Waals surface area contributed by atoms with E-state index in [9.17, 15) is 9.59 Å². The van der Waals surface area contributed by atoms with Crippen molar-refractivity contribution in [1.82, 2.24) is 4.90 Å². The lowest BCUT2D eigenvalue weighted by Gasteiger charge is -2.37. The Hall–Kier alpha value is -2.70. The summed E-state index contributed by atoms with van der Waals surface area (Å²) < 4.78 is 22.4. The van der Waals surface area contributed by atoms with Crippen LogP contribution >= 0.6 is 0 Å². The predicted molar refractivity (Wildman–Crippen MR) is 105 cm³/mol. The maximum Gasteiger partial charge on any atom is 0.289 e. The van der Waals surface area contributed by atoms with E-state index in [1.54, 1.807) is 24.1 Å². The van der Waals surface area contributed by atoms with Gasteiger partial charge in [-0.05, 0) is 42.9 Å². The van der Waals surface area contributed by atoms with Gasteiger partial charge in [-0.2, -0.15) is 0 Å². The molecule has 156 valence electrons. The summed E-state index contributed by atoms with van der Waals surface area (Å²) in [6, 6.07) is 3.03. The predicted octanol–water partition coefficient (Wildman–Crippen LogP) is 2.88. The standard InChI is InChI=1S/C22H27NO6/c1-11-6-7-14-13(8-11)19(24)17-18(23(2)22(25)21(17)29-14)12-9-15(26-3)20(28-5)16(10-12)27-4/h9-11,13-14,18H,6-8H2,1-5H3. The molecule has 29 heavy (non-hydrogen) atoms. The fourth-order valence-corrected chi connectivity index (χ4v) is 4.84. The van der Waals surface area contributed by atoms with Crippen molar-refractivity contribution >= 4 is 11.7 Å². The van der Waals surface area contributed by atoms with Crippen molar-refractivity contribution in [1.29, 1.82) is 0 Å². The van der Waals surface area contributed by atoms with E-state index in [2.05, 4.69) is 6.92 Å². The number of amides is 1. The van der Waals surface area contributed by atoms with Crippen molar-refractivity contribution in [3.63, 3.8) is 0 Å². The number of nitrogens with zero attached hydrogens (tertiary/aromatic N) is 1. The van der Waals surface area contributed by atoms with Crippen LogP contribution in [0.25, 0.3) is 0 Å². The van der Waals surface area contributed by atoms with E-state index in [4.69, 9.17) is 18.9 Å². The number of fused-ring (bicyclic) bond motifs is 1. The van der Waals surface area contributed by atoms with Crippen LogP contribution in [0.15, 0.2) is 23.5 Å². The molecular formula is C22H27NO6. The van der Waals surface area contributed by atoms with Gasteiger partial charge < -0.3 is 23.8 Å². The molecule has 0 N–H and O–H groups in total. The van der Waals surface area contributed by atoms with Crippen LogP contribution in [0, 0.1) is 11.8 Å². The van der Waals surface area contributed by atoms with Crippen molar-refractivity contribution in [3.8, 4) is 17.2 Å². The number of methoxy groups -OCH3 is 3. The molecule has 0 spiro atoms. The smallest absolute Gasteiger partial charge is 0.289 e. The van der Waals surface area contributed by atoms with Crippen LogP contribution in [-0.4, -0.2) is 51.1 Å². The molecule has 1 amide bonds. The van der Waals surface area contributed by atoms with Crippen molar-refractivity contribution in [2.24, 2.45) is 11.8 Å². The molecule has 1 aliphatic carbocycles. The van der Waals surface area contributed by atoms with Crippen LogP contribution in [-0.2, 0) is 14.3 Å². The molecule has 0 radical (unpaired) electrons. The number of carbonyl (C=O) groups excluding carboxylic acids is 2. The molecule has 4 atom stereocenters. The molecule has 2 aliphatic heterocycles. The van der Waals surface area contributed by atoms with Gasteiger partial charge in [-0.25, -0.2) is 0 Å². The van der Waals surface area contributed by atoms with Crippen LogP contribution in [0.3, 0.4) is 0 Å². The molecule has 4 rings (SSSR count). The highest BCUT2D eigenvalue weighted by molar-refractivity contribution is 6.11. The molecule has 0 bridgehead atoms. The zero-order valence-corrected chi connectivity index (χ0v) is 17.5. The maximum atomic E-state index is 13.5. The quantitative estimate of drug-likeness (QED) is 0.772. The number of carbonyl (C=O) groups is 2. The Kier molecular flexibility index (Phi) is 4.92. The number of hydrogen-bond acceptors (Lipinski definition) is 6. The van der Waals surface area contributed by atoms with E-state index >= 15 is 0 Å². The third kappa shape index (κ3) is 2.94. The first-order valence-corrected chi connectivity index (χ1v) is 9.93. The summed E-state index contributed by atoms with van der Waals surface area (Å²) in [5, 5.41) is 0. The van der Waals surface area contributed by atoms with E-state index in [0.29, 0.717) is 28.7 Å². The van der Waals surface area contributed by atoms with E-state index in [-0.39, 0.29) is 29.5 Å². The summed E-state index contributed by atoms with van der Waals surface area (Å²) in [7, 11) is 6.31. The Morgan fingerprint density at radius 1 is 1.03 bits per heavy atom. The minimum atomic E-state index is -0.545.